The molecule has 0 aliphatic rings. The van der Waals surface area contributed by atoms with Gasteiger partial charge in [0.1, 0.15) is 5.65 Å². The van der Waals surface area contributed by atoms with Crippen molar-refractivity contribution in [3.05, 3.63) is 65.9 Å². The zero-order chi connectivity index (χ0) is 13.9. The van der Waals surface area contributed by atoms with Crippen molar-refractivity contribution in [2.45, 2.75) is 13.5 Å². The molecule has 5 heteroatoms. The Kier molecular flexibility index (Phi) is 3.16. The first kappa shape index (κ1) is 12.3. The van der Waals surface area contributed by atoms with Gasteiger partial charge in [0.05, 0.1) is 12.2 Å². The van der Waals surface area contributed by atoms with Crippen LogP contribution in [0.3, 0.4) is 0 Å². The fourth-order valence-corrected chi connectivity index (χ4v) is 2.02. The van der Waals surface area contributed by atoms with Gasteiger partial charge in [-0.2, -0.15) is 0 Å². The van der Waals surface area contributed by atoms with Gasteiger partial charge in [0.25, 0.3) is 5.91 Å². The lowest BCUT2D eigenvalue weighted by Crippen LogP contribution is -2.22. The summed E-state index contributed by atoms with van der Waals surface area (Å²) in [6.07, 6.45) is 7.14. The van der Waals surface area contributed by atoms with Crippen LogP contribution in [0.5, 0.6) is 0 Å². The lowest BCUT2D eigenvalue weighted by Gasteiger charge is -2.02. The Morgan fingerprint density at radius 2 is 2.00 bits per heavy atom. The Hall–Kier alpha value is -2.69. The SMILES string of the molecule is Cc1ccc2nc(CNC(=O)c3ccncc3)cn2c1. The number of nitrogens with one attached hydrogen (secondary N) is 1. The lowest BCUT2D eigenvalue weighted by atomic mass is 10.2. The molecule has 0 aliphatic heterocycles. The van der Waals surface area contributed by atoms with Gasteiger partial charge < -0.3 is 9.72 Å². The van der Waals surface area contributed by atoms with Gasteiger partial charge in [0.2, 0.25) is 0 Å². The number of carbonyl (C=O) groups is 1. The van der Waals surface area contributed by atoms with E-state index in [9.17, 15) is 4.79 Å². The molecule has 0 fully saturated rings. The van der Waals surface area contributed by atoms with Gasteiger partial charge >= 0.3 is 0 Å². The summed E-state index contributed by atoms with van der Waals surface area (Å²) in [5.41, 5.74) is 3.48. The average Bonchev–Trinajstić information content (AvgIpc) is 2.87. The van der Waals surface area contributed by atoms with Crippen LogP contribution >= 0.6 is 0 Å². The molecule has 0 aliphatic carbocycles. The minimum absolute atomic E-state index is 0.124. The van der Waals surface area contributed by atoms with Gasteiger partial charge in [0.15, 0.2) is 0 Å². The number of amides is 1. The number of aryl methyl sites for hydroxylation is 1. The number of hydrogen-bond acceptors (Lipinski definition) is 3. The summed E-state index contributed by atoms with van der Waals surface area (Å²) in [5.74, 6) is -0.124. The van der Waals surface area contributed by atoms with E-state index < -0.39 is 0 Å². The molecule has 20 heavy (non-hydrogen) atoms. The average molecular weight is 266 g/mol. The van der Waals surface area contributed by atoms with Gasteiger partial charge in [0, 0.05) is 30.4 Å². The van der Waals surface area contributed by atoms with E-state index in [1.54, 1.807) is 24.5 Å². The summed E-state index contributed by atoms with van der Waals surface area (Å²) in [6, 6.07) is 7.34. The standard InChI is InChI=1S/C15H14N4O/c1-11-2-3-14-18-13(10-19(14)9-11)8-17-15(20)12-4-6-16-7-5-12/h2-7,9-10H,8H2,1H3,(H,17,20). The van der Waals surface area contributed by atoms with Crippen molar-refractivity contribution in [3.63, 3.8) is 0 Å². The molecule has 0 radical (unpaired) electrons. The lowest BCUT2D eigenvalue weighted by molar-refractivity contribution is 0.0950. The monoisotopic (exact) mass is 266 g/mol. The molecule has 1 amide bonds. The second kappa shape index (κ2) is 5.13. The number of aromatic nitrogens is 3. The zero-order valence-electron chi connectivity index (χ0n) is 11.1. The zero-order valence-corrected chi connectivity index (χ0v) is 11.1. The molecular formula is C15H14N4O. The predicted molar refractivity (Wildman–Crippen MR) is 75.3 cm³/mol. The van der Waals surface area contributed by atoms with E-state index in [4.69, 9.17) is 0 Å². The molecule has 3 heterocycles. The number of imidazole rings is 1. The highest BCUT2D eigenvalue weighted by atomic mass is 16.1. The summed E-state index contributed by atoms with van der Waals surface area (Å²) in [4.78, 5) is 20.3. The maximum absolute atomic E-state index is 11.9. The van der Waals surface area contributed by atoms with E-state index in [2.05, 4.69) is 15.3 Å². The minimum Gasteiger partial charge on any atom is -0.346 e. The van der Waals surface area contributed by atoms with Crippen molar-refractivity contribution in [1.82, 2.24) is 19.7 Å². The second-order valence-electron chi connectivity index (χ2n) is 4.62. The second-order valence-corrected chi connectivity index (χ2v) is 4.62. The van der Waals surface area contributed by atoms with Crippen molar-refractivity contribution in [3.8, 4) is 0 Å². The van der Waals surface area contributed by atoms with Crippen LogP contribution in [-0.4, -0.2) is 20.3 Å². The number of rotatable bonds is 3. The Balaban J connectivity index is 1.72. The predicted octanol–water partition coefficient (Wildman–Crippen LogP) is 1.97. The first-order chi connectivity index (χ1) is 9.72. The summed E-state index contributed by atoms with van der Waals surface area (Å²) < 4.78 is 1.96. The highest BCUT2D eigenvalue weighted by Gasteiger charge is 2.06. The van der Waals surface area contributed by atoms with Crippen molar-refractivity contribution in [2.75, 3.05) is 0 Å². The maximum atomic E-state index is 11.9. The maximum Gasteiger partial charge on any atom is 0.251 e. The molecule has 0 saturated carbocycles. The Labute approximate surface area is 116 Å². The molecule has 0 unspecified atom stereocenters. The van der Waals surface area contributed by atoms with Crippen LogP contribution in [0.25, 0.3) is 5.65 Å². The van der Waals surface area contributed by atoms with Crippen LogP contribution in [0, 0.1) is 6.92 Å². The summed E-state index contributed by atoms with van der Waals surface area (Å²) in [7, 11) is 0. The highest BCUT2D eigenvalue weighted by molar-refractivity contribution is 5.93. The number of hydrogen-bond donors (Lipinski definition) is 1. The van der Waals surface area contributed by atoms with Gasteiger partial charge in [-0.3, -0.25) is 9.78 Å². The van der Waals surface area contributed by atoms with Crippen LogP contribution in [0.15, 0.2) is 49.1 Å². The minimum atomic E-state index is -0.124. The third kappa shape index (κ3) is 2.51. The normalized spacial score (nSPS) is 10.7. The Bertz CT molecular complexity index is 749. The molecule has 1 N–H and O–H groups in total. The van der Waals surface area contributed by atoms with Crippen LogP contribution in [0.2, 0.25) is 0 Å². The number of pyridine rings is 2. The first-order valence-corrected chi connectivity index (χ1v) is 6.35. The molecule has 0 bridgehead atoms. The number of nitrogens with zero attached hydrogens (tertiary/aromatic N) is 3. The molecule has 0 saturated heterocycles. The summed E-state index contributed by atoms with van der Waals surface area (Å²) in [6.45, 7) is 2.44. The van der Waals surface area contributed by atoms with Crippen LogP contribution in [0.1, 0.15) is 21.6 Å². The van der Waals surface area contributed by atoms with E-state index in [1.165, 1.54) is 5.56 Å². The fourth-order valence-electron chi connectivity index (χ4n) is 2.02. The molecule has 0 spiro atoms. The molecule has 3 aromatic rings. The van der Waals surface area contributed by atoms with E-state index in [1.807, 2.05) is 35.9 Å². The molecule has 3 rings (SSSR count). The number of carbonyl (C=O) groups excluding carboxylic acids is 1. The molecule has 0 atom stereocenters. The largest absolute Gasteiger partial charge is 0.346 e. The third-order valence-corrected chi connectivity index (χ3v) is 3.02. The van der Waals surface area contributed by atoms with Gasteiger partial charge in [-0.25, -0.2) is 4.98 Å². The molecular weight excluding hydrogens is 252 g/mol. The van der Waals surface area contributed by atoms with E-state index in [0.717, 1.165) is 11.3 Å². The summed E-state index contributed by atoms with van der Waals surface area (Å²) in [5, 5.41) is 2.85. The van der Waals surface area contributed by atoms with Crippen molar-refractivity contribution in [2.24, 2.45) is 0 Å². The first-order valence-electron chi connectivity index (χ1n) is 6.35. The highest BCUT2D eigenvalue weighted by Crippen LogP contribution is 2.07. The quantitative estimate of drug-likeness (QED) is 0.788. The van der Waals surface area contributed by atoms with E-state index in [0.29, 0.717) is 12.1 Å². The molecule has 5 nitrogen and oxygen atoms in total. The van der Waals surface area contributed by atoms with E-state index in [-0.39, 0.29) is 5.91 Å². The van der Waals surface area contributed by atoms with Crippen LogP contribution < -0.4 is 5.32 Å². The van der Waals surface area contributed by atoms with Crippen molar-refractivity contribution >= 4 is 11.6 Å². The molecule has 100 valence electrons. The van der Waals surface area contributed by atoms with Gasteiger partial charge in [-0.05, 0) is 30.7 Å². The number of fused-ring (bicyclic) bond motifs is 1. The van der Waals surface area contributed by atoms with Gasteiger partial charge in [-0.15, -0.1) is 0 Å². The topological polar surface area (TPSA) is 59.3 Å². The van der Waals surface area contributed by atoms with Gasteiger partial charge in [-0.1, -0.05) is 6.07 Å². The van der Waals surface area contributed by atoms with Crippen LogP contribution in [-0.2, 0) is 6.54 Å². The fraction of sp³-hybridized carbons (Fsp3) is 0.133. The Morgan fingerprint density at radius 3 is 2.80 bits per heavy atom. The smallest absolute Gasteiger partial charge is 0.251 e. The third-order valence-electron chi connectivity index (χ3n) is 3.02. The molecule has 0 aromatic carbocycles. The van der Waals surface area contributed by atoms with E-state index >= 15 is 0 Å². The summed E-state index contributed by atoms with van der Waals surface area (Å²) >= 11 is 0. The molecule has 3 aromatic heterocycles. The van der Waals surface area contributed by atoms with Crippen molar-refractivity contribution in [1.29, 1.82) is 0 Å². The Morgan fingerprint density at radius 1 is 1.20 bits per heavy atom. The van der Waals surface area contributed by atoms with Crippen molar-refractivity contribution < 1.29 is 4.79 Å². The van der Waals surface area contributed by atoms with Crippen LogP contribution in [0.4, 0.5) is 0 Å².